The molecular formula is C12H14F3N5. The van der Waals surface area contributed by atoms with Crippen LogP contribution >= 0.6 is 0 Å². The number of aromatic nitrogens is 4. The van der Waals surface area contributed by atoms with Crippen LogP contribution < -0.4 is 5.32 Å². The Morgan fingerprint density at radius 3 is 2.60 bits per heavy atom. The minimum absolute atomic E-state index is 0.0824. The van der Waals surface area contributed by atoms with Gasteiger partial charge in [0.2, 0.25) is 5.82 Å². The van der Waals surface area contributed by atoms with Crippen molar-refractivity contribution in [2.45, 2.75) is 26.4 Å². The first-order valence-electron chi connectivity index (χ1n) is 6.12. The van der Waals surface area contributed by atoms with Gasteiger partial charge in [0.15, 0.2) is 5.82 Å². The number of anilines is 1. The first-order chi connectivity index (χ1) is 9.40. The molecule has 8 heteroatoms. The molecule has 5 nitrogen and oxygen atoms in total. The van der Waals surface area contributed by atoms with Crippen molar-refractivity contribution in [1.29, 1.82) is 0 Å². The van der Waals surface area contributed by atoms with Gasteiger partial charge < -0.3 is 5.32 Å². The van der Waals surface area contributed by atoms with E-state index in [-0.39, 0.29) is 11.6 Å². The lowest BCUT2D eigenvalue weighted by atomic mass is 10.4. The molecule has 0 aromatic carbocycles. The Kier molecular flexibility index (Phi) is 3.91. The number of hydrogen-bond donors (Lipinski definition) is 1. The molecule has 0 fully saturated rings. The van der Waals surface area contributed by atoms with Crippen molar-refractivity contribution in [2.75, 3.05) is 11.9 Å². The van der Waals surface area contributed by atoms with Crippen LogP contribution in [0.4, 0.5) is 19.0 Å². The first kappa shape index (κ1) is 14.3. The molecule has 0 saturated carbocycles. The Balaban J connectivity index is 2.45. The fraction of sp³-hybridized carbons (Fsp3) is 0.417. The molecule has 0 amide bonds. The zero-order valence-electron chi connectivity index (χ0n) is 11.1. The molecule has 0 radical (unpaired) electrons. The van der Waals surface area contributed by atoms with Crippen molar-refractivity contribution < 1.29 is 13.2 Å². The highest BCUT2D eigenvalue weighted by atomic mass is 19.4. The normalized spacial score (nSPS) is 11.7. The molecule has 108 valence electrons. The van der Waals surface area contributed by atoms with Crippen molar-refractivity contribution in [3.63, 3.8) is 0 Å². The molecular weight excluding hydrogens is 271 g/mol. The van der Waals surface area contributed by atoms with E-state index in [1.165, 1.54) is 10.7 Å². The molecule has 2 rings (SSSR count). The zero-order chi connectivity index (χ0) is 14.8. The third-order valence-corrected chi connectivity index (χ3v) is 2.47. The van der Waals surface area contributed by atoms with Gasteiger partial charge in [-0.3, -0.25) is 0 Å². The van der Waals surface area contributed by atoms with Crippen LogP contribution in [0.25, 0.3) is 5.82 Å². The summed E-state index contributed by atoms with van der Waals surface area (Å²) in [5.74, 6) is -0.960. The van der Waals surface area contributed by atoms with E-state index < -0.39 is 12.0 Å². The Morgan fingerprint density at radius 1 is 1.30 bits per heavy atom. The van der Waals surface area contributed by atoms with E-state index in [0.29, 0.717) is 6.54 Å². The fourth-order valence-corrected chi connectivity index (χ4v) is 1.56. The highest BCUT2D eigenvalue weighted by Gasteiger charge is 2.35. The van der Waals surface area contributed by atoms with Crippen molar-refractivity contribution in [3.05, 3.63) is 29.8 Å². The van der Waals surface area contributed by atoms with Crippen LogP contribution in [-0.2, 0) is 6.18 Å². The number of aryl methyl sites for hydroxylation is 1. The summed E-state index contributed by atoms with van der Waals surface area (Å²) < 4.78 is 39.7. The van der Waals surface area contributed by atoms with E-state index in [9.17, 15) is 13.2 Å². The number of hydrogen-bond acceptors (Lipinski definition) is 4. The SMILES string of the molecule is CCCNc1cc(-n2cc(C)cn2)nc(C(F)(F)F)n1. The molecule has 0 unspecified atom stereocenters. The minimum Gasteiger partial charge on any atom is -0.370 e. The predicted molar refractivity (Wildman–Crippen MR) is 67.7 cm³/mol. The molecule has 2 aromatic heterocycles. The number of rotatable bonds is 4. The lowest BCUT2D eigenvalue weighted by Gasteiger charge is -2.11. The Morgan fingerprint density at radius 2 is 2.05 bits per heavy atom. The molecule has 20 heavy (non-hydrogen) atoms. The summed E-state index contributed by atoms with van der Waals surface area (Å²) in [4.78, 5) is 7.01. The highest BCUT2D eigenvalue weighted by Crippen LogP contribution is 2.27. The minimum atomic E-state index is -4.60. The van der Waals surface area contributed by atoms with Crippen molar-refractivity contribution in [1.82, 2.24) is 19.7 Å². The molecule has 0 atom stereocenters. The van der Waals surface area contributed by atoms with Gasteiger partial charge in [0, 0.05) is 18.8 Å². The van der Waals surface area contributed by atoms with E-state index >= 15 is 0 Å². The molecule has 0 spiro atoms. The van der Waals surface area contributed by atoms with Crippen LogP contribution in [-0.4, -0.2) is 26.3 Å². The topological polar surface area (TPSA) is 55.6 Å². The first-order valence-corrected chi connectivity index (χ1v) is 6.12. The maximum Gasteiger partial charge on any atom is 0.451 e. The Bertz CT molecular complexity index is 591. The van der Waals surface area contributed by atoms with Gasteiger partial charge in [-0.2, -0.15) is 18.3 Å². The Labute approximate surface area is 113 Å². The van der Waals surface area contributed by atoms with Gasteiger partial charge in [-0.1, -0.05) is 6.92 Å². The third kappa shape index (κ3) is 3.25. The van der Waals surface area contributed by atoms with Crippen molar-refractivity contribution >= 4 is 5.82 Å². The van der Waals surface area contributed by atoms with Crippen LogP contribution in [0, 0.1) is 6.92 Å². The maximum absolute atomic E-state index is 12.8. The van der Waals surface area contributed by atoms with Crippen LogP contribution in [0.2, 0.25) is 0 Å². The quantitative estimate of drug-likeness (QED) is 0.938. The molecule has 2 heterocycles. The molecule has 0 aliphatic heterocycles. The van der Waals surface area contributed by atoms with E-state index in [1.54, 1.807) is 19.3 Å². The lowest BCUT2D eigenvalue weighted by molar-refractivity contribution is -0.144. The second-order valence-corrected chi connectivity index (χ2v) is 4.32. The number of halogens is 3. The average molecular weight is 285 g/mol. The molecule has 0 saturated heterocycles. The molecule has 0 bridgehead atoms. The predicted octanol–water partition coefficient (Wildman–Crippen LogP) is 2.81. The standard InChI is InChI=1S/C12H14F3N5/c1-3-4-16-9-5-10(20-7-8(2)6-17-20)19-11(18-9)12(13,14)15/h5-7H,3-4H2,1-2H3,(H,16,18,19). The smallest absolute Gasteiger partial charge is 0.370 e. The molecule has 2 aromatic rings. The average Bonchev–Trinajstić information content (AvgIpc) is 2.82. The second kappa shape index (κ2) is 5.48. The summed E-state index contributed by atoms with van der Waals surface area (Å²) in [5, 5.41) is 6.79. The van der Waals surface area contributed by atoms with Crippen LogP contribution in [0.3, 0.4) is 0 Å². The van der Waals surface area contributed by atoms with Gasteiger partial charge in [0.05, 0.1) is 6.20 Å². The number of nitrogens with one attached hydrogen (secondary N) is 1. The van der Waals surface area contributed by atoms with Gasteiger partial charge in [-0.15, -0.1) is 0 Å². The fourth-order valence-electron chi connectivity index (χ4n) is 1.56. The third-order valence-electron chi connectivity index (χ3n) is 2.47. The van der Waals surface area contributed by atoms with Gasteiger partial charge in [0.1, 0.15) is 5.82 Å². The maximum atomic E-state index is 12.8. The summed E-state index contributed by atoms with van der Waals surface area (Å²) in [6.45, 7) is 4.24. The summed E-state index contributed by atoms with van der Waals surface area (Å²) in [7, 11) is 0. The van der Waals surface area contributed by atoms with Crippen LogP contribution in [0.1, 0.15) is 24.7 Å². The highest BCUT2D eigenvalue weighted by molar-refractivity contribution is 5.41. The number of alkyl halides is 3. The van der Waals surface area contributed by atoms with E-state index in [1.807, 2.05) is 6.92 Å². The van der Waals surface area contributed by atoms with Crippen molar-refractivity contribution in [2.24, 2.45) is 0 Å². The van der Waals surface area contributed by atoms with Gasteiger partial charge in [-0.25, -0.2) is 14.6 Å². The second-order valence-electron chi connectivity index (χ2n) is 4.32. The molecule has 0 aliphatic carbocycles. The molecule has 0 aliphatic rings. The van der Waals surface area contributed by atoms with Gasteiger partial charge in [-0.05, 0) is 18.9 Å². The lowest BCUT2D eigenvalue weighted by Crippen LogP contribution is -2.16. The summed E-state index contributed by atoms with van der Waals surface area (Å²) >= 11 is 0. The monoisotopic (exact) mass is 285 g/mol. The summed E-state index contributed by atoms with van der Waals surface area (Å²) in [5.41, 5.74) is 0.834. The van der Waals surface area contributed by atoms with Crippen LogP contribution in [0.5, 0.6) is 0 Å². The Hall–Kier alpha value is -2.12. The van der Waals surface area contributed by atoms with Crippen LogP contribution in [0.15, 0.2) is 18.5 Å². The van der Waals surface area contributed by atoms with Gasteiger partial charge >= 0.3 is 6.18 Å². The summed E-state index contributed by atoms with van der Waals surface area (Å²) in [6, 6.07) is 1.44. The van der Waals surface area contributed by atoms with E-state index in [4.69, 9.17) is 0 Å². The van der Waals surface area contributed by atoms with E-state index in [0.717, 1.165) is 12.0 Å². The molecule has 1 N–H and O–H groups in total. The number of nitrogens with zero attached hydrogens (tertiary/aromatic N) is 4. The van der Waals surface area contributed by atoms with E-state index in [2.05, 4.69) is 20.4 Å². The van der Waals surface area contributed by atoms with Crippen molar-refractivity contribution in [3.8, 4) is 5.82 Å². The zero-order valence-corrected chi connectivity index (χ0v) is 11.1. The van der Waals surface area contributed by atoms with Gasteiger partial charge in [0.25, 0.3) is 0 Å². The summed E-state index contributed by atoms with van der Waals surface area (Å²) in [6.07, 6.45) is -0.664. The largest absolute Gasteiger partial charge is 0.451 e.